The van der Waals surface area contributed by atoms with E-state index in [1.54, 1.807) is 7.11 Å². The van der Waals surface area contributed by atoms with Crippen molar-refractivity contribution >= 4 is 11.4 Å². The number of ether oxygens (including phenoxy) is 1. The Balaban J connectivity index is 2.28. The maximum atomic E-state index is 5.45. The van der Waals surface area contributed by atoms with Crippen molar-refractivity contribution in [3.8, 4) is 18.1 Å². The van der Waals surface area contributed by atoms with Crippen molar-refractivity contribution in [2.75, 3.05) is 12.4 Å². The minimum atomic E-state index is 0.813. The summed E-state index contributed by atoms with van der Waals surface area (Å²) < 4.78 is 5.17. The van der Waals surface area contributed by atoms with Gasteiger partial charge in [-0.25, -0.2) is 0 Å². The van der Waals surface area contributed by atoms with E-state index < -0.39 is 0 Å². The zero-order valence-corrected chi connectivity index (χ0v) is 9.60. The fourth-order valence-electron chi connectivity index (χ4n) is 1.57. The second kappa shape index (κ2) is 5.09. The van der Waals surface area contributed by atoms with E-state index in [1.807, 2.05) is 48.5 Å². The van der Waals surface area contributed by atoms with Crippen LogP contribution in [0, 0.1) is 12.3 Å². The molecule has 84 valence electrons. The van der Waals surface area contributed by atoms with Gasteiger partial charge in [-0.15, -0.1) is 6.42 Å². The molecule has 2 rings (SSSR count). The fourth-order valence-corrected chi connectivity index (χ4v) is 1.57. The first kappa shape index (κ1) is 11.1. The van der Waals surface area contributed by atoms with Crippen LogP contribution >= 0.6 is 0 Å². The van der Waals surface area contributed by atoms with Gasteiger partial charge in [-0.05, 0) is 24.3 Å². The predicted octanol–water partition coefficient (Wildman–Crippen LogP) is 3.42. The Hall–Kier alpha value is -2.40. The molecule has 0 atom stereocenters. The number of benzene rings is 2. The Morgan fingerprint density at radius 3 is 2.71 bits per heavy atom. The number of methoxy groups -OCH3 is 1. The first-order valence-corrected chi connectivity index (χ1v) is 5.30. The molecule has 2 heteroatoms. The lowest BCUT2D eigenvalue weighted by molar-refractivity contribution is 0.415. The van der Waals surface area contributed by atoms with Crippen molar-refractivity contribution in [3.05, 3.63) is 54.1 Å². The highest BCUT2D eigenvalue weighted by molar-refractivity contribution is 5.67. The van der Waals surface area contributed by atoms with E-state index in [4.69, 9.17) is 11.2 Å². The van der Waals surface area contributed by atoms with Crippen molar-refractivity contribution < 1.29 is 4.74 Å². The van der Waals surface area contributed by atoms with Crippen LogP contribution in [0.4, 0.5) is 11.4 Å². The summed E-state index contributed by atoms with van der Waals surface area (Å²) in [6.45, 7) is 0. The lowest BCUT2D eigenvalue weighted by atomic mass is 10.2. The molecular formula is C15H13NO. The van der Waals surface area contributed by atoms with Crippen molar-refractivity contribution in [3.63, 3.8) is 0 Å². The molecule has 0 fully saturated rings. The summed E-state index contributed by atoms with van der Waals surface area (Å²) in [5, 5.41) is 3.28. The van der Waals surface area contributed by atoms with Gasteiger partial charge in [-0.1, -0.05) is 24.1 Å². The number of nitrogens with one attached hydrogen (secondary N) is 1. The van der Waals surface area contributed by atoms with Crippen LogP contribution in [0.2, 0.25) is 0 Å². The second-order valence-electron chi connectivity index (χ2n) is 3.55. The van der Waals surface area contributed by atoms with E-state index in [1.165, 1.54) is 0 Å². The average Bonchev–Trinajstić information content (AvgIpc) is 2.39. The number of para-hydroxylation sites is 1. The molecule has 0 aromatic heterocycles. The Labute approximate surface area is 101 Å². The Bertz CT molecular complexity index is 555. The standard InChI is InChI=1S/C15H13NO/c1-3-12-7-4-5-10-15(12)16-13-8-6-9-14(11-13)17-2/h1,4-11,16H,2H3. The quantitative estimate of drug-likeness (QED) is 0.805. The van der Waals surface area contributed by atoms with Crippen LogP contribution in [-0.2, 0) is 0 Å². The third kappa shape index (κ3) is 2.59. The van der Waals surface area contributed by atoms with Crippen molar-refractivity contribution in [1.82, 2.24) is 0 Å². The van der Waals surface area contributed by atoms with E-state index in [9.17, 15) is 0 Å². The third-order valence-corrected chi connectivity index (χ3v) is 2.43. The molecule has 0 aliphatic carbocycles. The molecule has 2 aromatic carbocycles. The minimum absolute atomic E-state index is 0.813. The third-order valence-electron chi connectivity index (χ3n) is 2.43. The van der Waals surface area contributed by atoms with E-state index >= 15 is 0 Å². The number of hydrogen-bond acceptors (Lipinski definition) is 2. The molecule has 0 heterocycles. The van der Waals surface area contributed by atoms with Gasteiger partial charge in [0.1, 0.15) is 5.75 Å². The molecule has 0 unspecified atom stereocenters. The van der Waals surface area contributed by atoms with E-state index in [0.717, 1.165) is 22.7 Å². The smallest absolute Gasteiger partial charge is 0.120 e. The van der Waals surface area contributed by atoms with Crippen LogP contribution in [0.1, 0.15) is 5.56 Å². The molecule has 0 aliphatic rings. The molecule has 0 amide bonds. The summed E-state index contributed by atoms with van der Waals surface area (Å²) in [5.74, 6) is 3.46. The Morgan fingerprint density at radius 2 is 1.94 bits per heavy atom. The number of hydrogen-bond donors (Lipinski definition) is 1. The molecule has 0 radical (unpaired) electrons. The largest absolute Gasteiger partial charge is 0.497 e. The number of rotatable bonds is 3. The SMILES string of the molecule is C#Cc1ccccc1Nc1cccc(OC)c1. The van der Waals surface area contributed by atoms with Crippen LogP contribution in [-0.4, -0.2) is 7.11 Å². The topological polar surface area (TPSA) is 21.3 Å². The molecule has 0 spiro atoms. The first-order valence-electron chi connectivity index (χ1n) is 5.30. The highest BCUT2D eigenvalue weighted by Crippen LogP contribution is 2.23. The van der Waals surface area contributed by atoms with Gasteiger partial charge in [-0.3, -0.25) is 0 Å². The van der Waals surface area contributed by atoms with Gasteiger partial charge >= 0.3 is 0 Å². The zero-order chi connectivity index (χ0) is 12.1. The van der Waals surface area contributed by atoms with E-state index in [2.05, 4.69) is 11.2 Å². The second-order valence-corrected chi connectivity index (χ2v) is 3.55. The normalized spacial score (nSPS) is 9.41. The van der Waals surface area contributed by atoms with Gasteiger partial charge in [-0.2, -0.15) is 0 Å². The molecule has 0 aliphatic heterocycles. The first-order chi connectivity index (χ1) is 8.33. The molecule has 0 saturated heterocycles. The lowest BCUT2D eigenvalue weighted by Crippen LogP contribution is -1.93. The summed E-state index contributed by atoms with van der Waals surface area (Å²) in [6.07, 6.45) is 5.45. The van der Waals surface area contributed by atoms with Gasteiger partial charge in [0.15, 0.2) is 0 Å². The van der Waals surface area contributed by atoms with Gasteiger partial charge in [0.25, 0.3) is 0 Å². The van der Waals surface area contributed by atoms with Crippen LogP contribution < -0.4 is 10.1 Å². The van der Waals surface area contributed by atoms with Crippen molar-refractivity contribution in [1.29, 1.82) is 0 Å². The molecule has 0 saturated carbocycles. The van der Waals surface area contributed by atoms with Gasteiger partial charge < -0.3 is 10.1 Å². The van der Waals surface area contributed by atoms with Gasteiger partial charge in [0.2, 0.25) is 0 Å². The summed E-state index contributed by atoms with van der Waals surface area (Å²) in [6, 6.07) is 15.5. The molecule has 2 aromatic rings. The highest BCUT2D eigenvalue weighted by Gasteiger charge is 2.00. The van der Waals surface area contributed by atoms with Crippen molar-refractivity contribution in [2.45, 2.75) is 0 Å². The van der Waals surface area contributed by atoms with Gasteiger partial charge in [0, 0.05) is 17.3 Å². The average molecular weight is 223 g/mol. The summed E-state index contributed by atoms with van der Waals surface area (Å²) in [7, 11) is 1.65. The summed E-state index contributed by atoms with van der Waals surface area (Å²) in [5.41, 5.74) is 2.71. The monoisotopic (exact) mass is 223 g/mol. The van der Waals surface area contributed by atoms with Crippen LogP contribution in [0.25, 0.3) is 0 Å². The predicted molar refractivity (Wildman–Crippen MR) is 70.7 cm³/mol. The lowest BCUT2D eigenvalue weighted by Gasteiger charge is -2.09. The van der Waals surface area contributed by atoms with E-state index in [-0.39, 0.29) is 0 Å². The number of terminal acetylenes is 1. The van der Waals surface area contributed by atoms with Gasteiger partial charge in [0.05, 0.1) is 12.8 Å². The molecular weight excluding hydrogens is 210 g/mol. The maximum Gasteiger partial charge on any atom is 0.120 e. The summed E-state index contributed by atoms with van der Waals surface area (Å²) >= 11 is 0. The summed E-state index contributed by atoms with van der Waals surface area (Å²) in [4.78, 5) is 0. The van der Waals surface area contributed by atoms with E-state index in [0.29, 0.717) is 0 Å². The molecule has 2 nitrogen and oxygen atoms in total. The van der Waals surface area contributed by atoms with Crippen LogP contribution in [0.3, 0.4) is 0 Å². The Kier molecular flexibility index (Phi) is 3.32. The molecule has 0 bridgehead atoms. The zero-order valence-electron chi connectivity index (χ0n) is 9.60. The number of anilines is 2. The Morgan fingerprint density at radius 1 is 1.12 bits per heavy atom. The fraction of sp³-hybridized carbons (Fsp3) is 0.0667. The van der Waals surface area contributed by atoms with Crippen molar-refractivity contribution in [2.24, 2.45) is 0 Å². The molecule has 1 N–H and O–H groups in total. The van der Waals surface area contributed by atoms with Crippen LogP contribution in [0.5, 0.6) is 5.75 Å². The van der Waals surface area contributed by atoms with Crippen LogP contribution in [0.15, 0.2) is 48.5 Å². The minimum Gasteiger partial charge on any atom is -0.497 e. The highest BCUT2D eigenvalue weighted by atomic mass is 16.5. The molecule has 17 heavy (non-hydrogen) atoms. The maximum absolute atomic E-state index is 5.45.